The van der Waals surface area contributed by atoms with Gasteiger partial charge in [0.15, 0.2) is 0 Å². The molecule has 0 atom stereocenters. The predicted molar refractivity (Wildman–Crippen MR) is 74.6 cm³/mol. The summed E-state index contributed by atoms with van der Waals surface area (Å²) in [6, 6.07) is 7.04. The molecule has 17 heavy (non-hydrogen) atoms. The molecule has 0 spiro atoms. The lowest BCUT2D eigenvalue weighted by atomic mass is 10.1. The van der Waals surface area contributed by atoms with E-state index >= 15 is 0 Å². The molecule has 0 amide bonds. The van der Waals surface area contributed by atoms with Crippen LogP contribution in [-0.4, -0.2) is 19.2 Å². The number of sulfonamides is 1. The fourth-order valence-electron chi connectivity index (χ4n) is 1.39. The molecule has 1 aromatic carbocycles. The van der Waals surface area contributed by atoms with Gasteiger partial charge in [0.2, 0.25) is 10.0 Å². The van der Waals surface area contributed by atoms with E-state index in [4.69, 9.17) is 18.0 Å². The second kappa shape index (κ2) is 5.97. The minimum atomic E-state index is -3.22. The summed E-state index contributed by atoms with van der Waals surface area (Å²) in [6.07, 6.45) is 1.12. The molecule has 0 unspecified atom stereocenters. The minimum Gasteiger partial charge on any atom is -0.393 e. The van der Waals surface area contributed by atoms with Crippen LogP contribution in [0.3, 0.4) is 0 Å². The van der Waals surface area contributed by atoms with Gasteiger partial charge in [0.25, 0.3) is 0 Å². The Morgan fingerprint density at radius 1 is 1.35 bits per heavy atom. The smallest absolute Gasteiger partial charge is 0.232 e. The van der Waals surface area contributed by atoms with Crippen LogP contribution in [-0.2, 0) is 16.4 Å². The van der Waals surface area contributed by atoms with Crippen LogP contribution in [0.1, 0.15) is 18.9 Å². The number of nitrogens with one attached hydrogen (secondary N) is 1. The Kier molecular flexibility index (Phi) is 4.89. The molecule has 3 N–H and O–H groups in total. The second-order valence-electron chi connectivity index (χ2n) is 3.76. The van der Waals surface area contributed by atoms with Crippen LogP contribution >= 0.6 is 12.2 Å². The quantitative estimate of drug-likeness (QED) is 0.773. The molecule has 0 aliphatic carbocycles. The summed E-state index contributed by atoms with van der Waals surface area (Å²) in [5, 5.41) is 0. The third-order valence-electron chi connectivity index (χ3n) is 2.08. The van der Waals surface area contributed by atoms with E-state index in [0.717, 1.165) is 5.56 Å². The van der Waals surface area contributed by atoms with Crippen molar-refractivity contribution in [2.24, 2.45) is 5.73 Å². The summed E-state index contributed by atoms with van der Waals surface area (Å²) in [5.74, 6) is 0.127. The van der Waals surface area contributed by atoms with Crippen LogP contribution in [0.15, 0.2) is 24.3 Å². The second-order valence-corrected chi connectivity index (χ2v) is 6.13. The normalized spacial score (nSPS) is 11.1. The van der Waals surface area contributed by atoms with Gasteiger partial charge in [-0.3, -0.25) is 4.72 Å². The molecule has 0 aromatic heterocycles. The van der Waals surface area contributed by atoms with E-state index < -0.39 is 10.0 Å². The van der Waals surface area contributed by atoms with Gasteiger partial charge in [0.1, 0.15) is 0 Å². The molecule has 0 saturated carbocycles. The number of benzene rings is 1. The maximum Gasteiger partial charge on any atom is 0.232 e. The van der Waals surface area contributed by atoms with Crippen LogP contribution < -0.4 is 10.5 Å². The lowest BCUT2D eigenvalue weighted by Crippen LogP contribution is -2.16. The average molecular weight is 272 g/mol. The zero-order chi connectivity index (χ0) is 12.9. The molecule has 1 aromatic rings. The van der Waals surface area contributed by atoms with Crippen molar-refractivity contribution in [3.8, 4) is 0 Å². The molecule has 0 saturated heterocycles. The molecule has 0 aliphatic heterocycles. The molecule has 94 valence electrons. The van der Waals surface area contributed by atoms with E-state index in [9.17, 15) is 8.42 Å². The first-order valence-electron chi connectivity index (χ1n) is 5.30. The predicted octanol–water partition coefficient (Wildman–Crippen LogP) is 1.67. The Labute approximate surface area is 107 Å². The Hall–Kier alpha value is -1.14. The first-order chi connectivity index (χ1) is 7.93. The topological polar surface area (TPSA) is 72.2 Å². The summed E-state index contributed by atoms with van der Waals surface area (Å²) in [7, 11) is -3.22. The fourth-order valence-corrected chi connectivity index (χ4v) is 2.69. The van der Waals surface area contributed by atoms with Gasteiger partial charge in [-0.15, -0.1) is 0 Å². The highest BCUT2D eigenvalue weighted by atomic mass is 32.2. The highest BCUT2D eigenvalue weighted by molar-refractivity contribution is 7.92. The Balaban J connectivity index is 2.72. The summed E-state index contributed by atoms with van der Waals surface area (Å²) in [5.41, 5.74) is 6.95. The number of nitrogens with two attached hydrogens (primary N) is 1. The Bertz CT molecular complexity index is 481. The van der Waals surface area contributed by atoms with Crippen molar-refractivity contribution in [2.75, 3.05) is 10.5 Å². The van der Waals surface area contributed by atoms with E-state index in [-0.39, 0.29) is 5.75 Å². The van der Waals surface area contributed by atoms with Gasteiger partial charge in [-0.25, -0.2) is 8.42 Å². The van der Waals surface area contributed by atoms with Crippen molar-refractivity contribution in [3.05, 3.63) is 29.8 Å². The molecule has 6 heteroatoms. The number of anilines is 1. The molecule has 0 aliphatic rings. The van der Waals surface area contributed by atoms with Crippen molar-refractivity contribution in [1.29, 1.82) is 0 Å². The van der Waals surface area contributed by atoms with Crippen molar-refractivity contribution in [1.82, 2.24) is 0 Å². The zero-order valence-electron chi connectivity index (χ0n) is 9.64. The highest BCUT2D eigenvalue weighted by Gasteiger charge is 2.08. The first-order valence-corrected chi connectivity index (χ1v) is 7.37. The van der Waals surface area contributed by atoms with Gasteiger partial charge < -0.3 is 5.73 Å². The van der Waals surface area contributed by atoms with E-state index in [1.54, 1.807) is 12.1 Å². The SMILES string of the molecule is CCCS(=O)(=O)Nc1ccc(CC(N)=S)cc1. The monoisotopic (exact) mass is 272 g/mol. The van der Waals surface area contributed by atoms with Crippen molar-refractivity contribution >= 4 is 32.9 Å². The first kappa shape index (κ1) is 13.9. The summed E-state index contributed by atoms with van der Waals surface area (Å²) >= 11 is 4.80. The Morgan fingerprint density at radius 3 is 2.41 bits per heavy atom. The van der Waals surface area contributed by atoms with Gasteiger partial charge in [0.05, 0.1) is 10.7 Å². The van der Waals surface area contributed by atoms with Gasteiger partial charge in [-0.1, -0.05) is 31.3 Å². The third kappa shape index (κ3) is 5.14. The lowest BCUT2D eigenvalue weighted by Gasteiger charge is -2.07. The van der Waals surface area contributed by atoms with Crippen LogP contribution in [0.4, 0.5) is 5.69 Å². The number of thiocarbonyl (C=S) groups is 1. The Morgan fingerprint density at radius 2 is 1.94 bits per heavy atom. The number of hydrogen-bond acceptors (Lipinski definition) is 3. The van der Waals surface area contributed by atoms with E-state index in [0.29, 0.717) is 23.5 Å². The third-order valence-corrected chi connectivity index (χ3v) is 3.72. The van der Waals surface area contributed by atoms with Crippen molar-refractivity contribution in [3.63, 3.8) is 0 Å². The van der Waals surface area contributed by atoms with E-state index in [1.807, 2.05) is 19.1 Å². The molecular formula is C11H16N2O2S2. The maximum absolute atomic E-state index is 11.5. The number of rotatable bonds is 6. The largest absolute Gasteiger partial charge is 0.393 e. The highest BCUT2D eigenvalue weighted by Crippen LogP contribution is 2.12. The van der Waals surface area contributed by atoms with E-state index in [2.05, 4.69) is 4.72 Å². The standard InChI is InChI=1S/C11H16N2O2S2/c1-2-7-17(14,15)13-10-5-3-9(4-6-10)8-11(12)16/h3-6,13H,2,7-8H2,1H3,(H2,12,16). The molecular weight excluding hydrogens is 256 g/mol. The molecule has 0 radical (unpaired) electrons. The maximum atomic E-state index is 11.5. The van der Waals surface area contributed by atoms with Crippen LogP contribution in [0.2, 0.25) is 0 Å². The van der Waals surface area contributed by atoms with Gasteiger partial charge in [0, 0.05) is 12.1 Å². The molecule has 0 heterocycles. The van der Waals surface area contributed by atoms with Gasteiger partial charge >= 0.3 is 0 Å². The van der Waals surface area contributed by atoms with Crippen LogP contribution in [0, 0.1) is 0 Å². The fraction of sp³-hybridized carbons (Fsp3) is 0.364. The van der Waals surface area contributed by atoms with Gasteiger partial charge in [-0.2, -0.15) is 0 Å². The van der Waals surface area contributed by atoms with Crippen molar-refractivity contribution in [2.45, 2.75) is 19.8 Å². The zero-order valence-corrected chi connectivity index (χ0v) is 11.3. The lowest BCUT2D eigenvalue weighted by molar-refractivity contribution is 0.600. The molecule has 4 nitrogen and oxygen atoms in total. The average Bonchev–Trinajstić information content (AvgIpc) is 2.19. The van der Waals surface area contributed by atoms with Crippen LogP contribution in [0.5, 0.6) is 0 Å². The van der Waals surface area contributed by atoms with Gasteiger partial charge in [-0.05, 0) is 24.1 Å². The molecule has 1 rings (SSSR count). The minimum absolute atomic E-state index is 0.127. The van der Waals surface area contributed by atoms with E-state index in [1.165, 1.54) is 0 Å². The van der Waals surface area contributed by atoms with Crippen LogP contribution in [0.25, 0.3) is 0 Å². The summed E-state index contributed by atoms with van der Waals surface area (Å²) < 4.78 is 25.5. The molecule has 0 fully saturated rings. The van der Waals surface area contributed by atoms with Crippen molar-refractivity contribution < 1.29 is 8.42 Å². The summed E-state index contributed by atoms with van der Waals surface area (Å²) in [4.78, 5) is 0.421. The molecule has 0 bridgehead atoms. The number of hydrogen-bond donors (Lipinski definition) is 2. The summed E-state index contributed by atoms with van der Waals surface area (Å²) in [6.45, 7) is 1.82.